The molecule has 4 nitrogen and oxygen atoms in total. The third-order valence-corrected chi connectivity index (χ3v) is 3.54. The molecule has 2 saturated carbocycles. The van der Waals surface area contributed by atoms with Crippen LogP contribution in [-0.4, -0.2) is 25.0 Å². The summed E-state index contributed by atoms with van der Waals surface area (Å²) in [5, 5.41) is 0. The quantitative estimate of drug-likeness (QED) is 0.701. The number of hydrogen-bond acceptors (Lipinski definition) is 3. The molecule has 1 N–H and O–H groups in total. The van der Waals surface area contributed by atoms with E-state index in [1.54, 1.807) is 0 Å². The Labute approximate surface area is 78.0 Å². The second kappa shape index (κ2) is 3.22. The molecule has 76 valence electrons. The molecular formula is C8H14O4S. The van der Waals surface area contributed by atoms with Crippen molar-refractivity contribution >= 4 is 10.1 Å². The Morgan fingerprint density at radius 3 is 2.54 bits per heavy atom. The molecule has 5 heteroatoms. The van der Waals surface area contributed by atoms with Crippen molar-refractivity contribution < 1.29 is 17.7 Å². The minimum absolute atomic E-state index is 0.0701. The molecular weight excluding hydrogens is 192 g/mol. The Bertz CT molecular complexity index is 285. The summed E-state index contributed by atoms with van der Waals surface area (Å²) in [6.07, 6.45) is 4.63. The van der Waals surface area contributed by atoms with Crippen LogP contribution >= 0.6 is 0 Å². The van der Waals surface area contributed by atoms with Crippen LogP contribution in [0.15, 0.2) is 0 Å². The van der Waals surface area contributed by atoms with Crippen molar-refractivity contribution in [1.82, 2.24) is 0 Å². The van der Waals surface area contributed by atoms with Gasteiger partial charge in [-0.05, 0) is 37.5 Å². The van der Waals surface area contributed by atoms with Crippen LogP contribution in [0, 0.1) is 11.8 Å². The molecule has 0 aromatic heterocycles. The van der Waals surface area contributed by atoms with Crippen molar-refractivity contribution in [1.29, 1.82) is 0 Å². The lowest BCUT2D eigenvalue weighted by Gasteiger charge is -2.20. The number of ether oxygens (including phenoxy) is 1. The van der Waals surface area contributed by atoms with Gasteiger partial charge in [-0.2, -0.15) is 8.42 Å². The van der Waals surface area contributed by atoms with Crippen molar-refractivity contribution in [2.75, 3.05) is 5.94 Å². The number of rotatable bonds is 3. The van der Waals surface area contributed by atoms with Gasteiger partial charge < -0.3 is 4.74 Å². The molecule has 2 aliphatic carbocycles. The van der Waals surface area contributed by atoms with E-state index in [9.17, 15) is 8.42 Å². The predicted octanol–water partition coefficient (Wildman–Crippen LogP) is 1.04. The maximum absolute atomic E-state index is 10.4. The van der Waals surface area contributed by atoms with Crippen molar-refractivity contribution in [2.45, 2.75) is 31.8 Å². The standard InChI is InChI=1S/C8H14O4S/c9-13(10,11)5-12-8-4-6-1-2-7(8)3-6/h6-8H,1-5H2,(H,9,10,11). The Hall–Kier alpha value is -0.130. The molecule has 0 spiro atoms. The van der Waals surface area contributed by atoms with Crippen LogP contribution in [0.5, 0.6) is 0 Å². The average molecular weight is 206 g/mol. The fourth-order valence-corrected chi connectivity index (χ4v) is 2.91. The SMILES string of the molecule is O=S(=O)(O)COC1CC2CCC1C2. The maximum atomic E-state index is 10.4. The Kier molecular flexibility index (Phi) is 2.33. The smallest absolute Gasteiger partial charge is 0.289 e. The Morgan fingerprint density at radius 1 is 1.31 bits per heavy atom. The van der Waals surface area contributed by atoms with Crippen molar-refractivity contribution in [3.8, 4) is 0 Å². The third kappa shape index (κ3) is 2.21. The molecule has 0 aromatic carbocycles. The van der Waals surface area contributed by atoms with Gasteiger partial charge in [0.2, 0.25) is 0 Å². The van der Waals surface area contributed by atoms with Gasteiger partial charge in [0, 0.05) is 0 Å². The molecule has 0 radical (unpaired) electrons. The summed E-state index contributed by atoms with van der Waals surface area (Å²) in [4.78, 5) is 0. The summed E-state index contributed by atoms with van der Waals surface area (Å²) >= 11 is 0. The Balaban J connectivity index is 1.84. The van der Waals surface area contributed by atoms with Crippen LogP contribution in [-0.2, 0) is 14.9 Å². The van der Waals surface area contributed by atoms with E-state index < -0.39 is 16.1 Å². The minimum Gasteiger partial charge on any atom is -0.359 e. The van der Waals surface area contributed by atoms with Crippen LogP contribution in [0.1, 0.15) is 25.7 Å². The molecule has 0 heterocycles. The minimum atomic E-state index is -3.95. The normalized spacial score (nSPS) is 38.4. The largest absolute Gasteiger partial charge is 0.359 e. The second-order valence-corrected chi connectivity index (χ2v) is 5.48. The summed E-state index contributed by atoms with van der Waals surface area (Å²) in [7, 11) is -3.95. The summed E-state index contributed by atoms with van der Waals surface area (Å²) in [6.45, 7) is 0. The van der Waals surface area contributed by atoms with Crippen LogP contribution in [0.3, 0.4) is 0 Å². The fourth-order valence-electron chi connectivity index (χ4n) is 2.56. The van der Waals surface area contributed by atoms with Crippen LogP contribution in [0.4, 0.5) is 0 Å². The summed E-state index contributed by atoms with van der Waals surface area (Å²) in [5.74, 6) is 0.726. The zero-order chi connectivity index (χ0) is 9.47. The highest BCUT2D eigenvalue weighted by molar-refractivity contribution is 7.85. The molecule has 2 bridgehead atoms. The van der Waals surface area contributed by atoms with E-state index in [0.717, 1.165) is 18.8 Å². The molecule has 3 unspecified atom stereocenters. The van der Waals surface area contributed by atoms with E-state index in [-0.39, 0.29) is 6.10 Å². The second-order valence-electron chi connectivity index (χ2n) is 4.08. The van der Waals surface area contributed by atoms with Crippen LogP contribution in [0.2, 0.25) is 0 Å². The summed E-state index contributed by atoms with van der Waals surface area (Å²) < 4.78 is 34.5. The van der Waals surface area contributed by atoms with E-state index >= 15 is 0 Å². The van der Waals surface area contributed by atoms with Crippen molar-refractivity contribution in [3.05, 3.63) is 0 Å². The molecule has 0 aromatic rings. The molecule has 2 aliphatic rings. The van der Waals surface area contributed by atoms with Gasteiger partial charge in [-0.25, -0.2) is 0 Å². The number of hydrogen-bond donors (Lipinski definition) is 1. The van der Waals surface area contributed by atoms with Crippen LogP contribution in [0.25, 0.3) is 0 Å². The first-order valence-electron chi connectivity index (χ1n) is 4.61. The highest BCUT2D eigenvalue weighted by Crippen LogP contribution is 2.45. The molecule has 0 aliphatic heterocycles. The first kappa shape index (κ1) is 9.43. The lowest BCUT2D eigenvalue weighted by Crippen LogP contribution is -2.23. The van der Waals surface area contributed by atoms with E-state index in [1.165, 1.54) is 12.8 Å². The van der Waals surface area contributed by atoms with E-state index in [1.807, 2.05) is 0 Å². The van der Waals surface area contributed by atoms with Gasteiger partial charge in [-0.15, -0.1) is 0 Å². The first-order valence-corrected chi connectivity index (χ1v) is 6.22. The van der Waals surface area contributed by atoms with E-state index in [0.29, 0.717) is 5.92 Å². The summed E-state index contributed by atoms with van der Waals surface area (Å²) in [5.41, 5.74) is 0. The van der Waals surface area contributed by atoms with E-state index in [4.69, 9.17) is 9.29 Å². The Morgan fingerprint density at radius 2 is 2.08 bits per heavy atom. The van der Waals surface area contributed by atoms with Gasteiger partial charge in [0.1, 0.15) is 0 Å². The number of fused-ring (bicyclic) bond motifs is 2. The molecule has 0 amide bonds. The highest BCUT2D eigenvalue weighted by atomic mass is 32.2. The highest BCUT2D eigenvalue weighted by Gasteiger charge is 2.40. The van der Waals surface area contributed by atoms with Gasteiger partial charge >= 0.3 is 0 Å². The fraction of sp³-hybridized carbons (Fsp3) is 1.00. The molecule has 13 heavy (non-hydrogen) atoms. The monoisotopic (exact) mass is 206 g/mol. The van der Waals surface area contributed by atoms with Crippen LogP contribution < -0.4 is 0 Å². The maximum Gasteiger partial charge on any atom is 0.289 e. The van der Waals surface area contributed by atoms with Gasteiger partial charge in [-0.3, -0.25) is 4.55 Å². The first-order chi connectivity index (χ1) is 6.04. The molecule has 2 rings (SSSR count). The predicted molar refractivity (Wildman–Crippen MR) is 46.7 cm³/mol. The molecule has 0 saturated heterocycles. The lowest BCUT2D eigenvalue weighted by molar-refractivity contribution is 0.0411. The van der Waals surface area contributed by atoms with Gasteiger partial charge in [0.05, 0.1) is 6.10 Å². The summed E-state index contributed by atoms with van der Waals surface area (Å²) in [6, 6.07) is 0. The average Bonchev–Trinajstić information content (AvgIpc) is 2.58. The van der Waals surface area contributed by atoms with Crippen molar-refractivity contribution in [2.24, 2.45) is 11.8 Å². The zero-order valence-corrected chi connectivity index (χ0v) is 8.16. The van der Waals surface area contributed by atoms with Gasteiger partial charge in [-0.1, -0.05) is 0 Å². The third-order valence-electron chi connectivity index (χ3n) is 3.10. The molecule has 3 atom stereocenters. The topological polar surface area (TPSA) is 63.6 Å². The zero-order valence-electron chi connectivity index (χ0n) is 7.35. The van der Waals surface area contributed by atoms with Gasteiger partial charge in [0.25, 0.3) is 10.1 Å². The molecule has 2 fully saturated rings. The van der Waals surface area contributed by atoms with E-state index in [2.05, 4.69) is 0 Å². The van der Waals surface area contributed by atoms with Crippen molar-refractivity contribution in [3.63, 3.8) is 0 Å². The van der Waals surface area contributed by atoms with Gasteiger partial charge in [0.15, 0.2) is 5.94 Å². The lowest BCUT2D eigenvalue weighted by atomic mass is 9.98.